The van der Waals surface area contributed by atoms with Crippen molar-refractivity contribution in [2.24, 2.45) is 5.73 Å². The third-order valence-electron chi connectivity index (χ3n) is 3.72. The van der Waals surface area contributed by atoms with Crippen LogP contribution in [0.3, 0.4) is 0 Å². The molecule has 1 aliphatic rings. The van der Waals surface area contributed by atoms with Gasteiger partial charge < -0.3 is 11.1 Å². The van der Waals surface area contributed by atoms with Crippen LogP contribution in [-0.4, -0.2) is 36.0 Å². The second kappa shape index (κ2) is 4.99. The van der Waals surface area contributed by atoms with Crippen LogP contribution in [0.1, 0.15) is 30.3 Å². The highest BCUT2D eigenvalue weighted by molar-refractivity contribution is 7.10. The van der Waals surface area contributed by atoms with Gasteiger partial charge in [0.2, 0.25) is 5.91 Å². The average Bonchev–Trinajstić information content (AvgIpc) is 2.73. The van der Waals surface area contributed by atoms with E-state index in [-0.39, 0.29) is 11.9 Å². The molecule has 1 aromatic heterocycles. The zero-order valence-corrected chi connectivity index (χ0v) is 12.0. The fourth-order valence-corrected chi connectivity index (χ4v) is 3.62. The van der Waals surface area contributed by atoms with E-state index in [1.807, 2.05) is 13.8 Å². The molecular weight excluding hydrogens is 246 g/mol. The number of amides is 1. The lowest BCUT2D eigenvalue weighted by atomic mass is 9.95. The molecule has 18 heavy (non-hydrogen) atoms. The standard InChI is InChI=1S/C13H21N3OS/c1-9-4-7-18-11(9)10(8-14)16-6-5-15-12(17)13(16,2)3/h4,7,10H,5-6,8,14H2,1-3H3,(H,15,17). The zero-order valence-electron chi connectivity index (χ0n) is 11.2. The van der Waals surface area contributed by atoms with Gasteiger partial charge >= 0.3 is 0 Å². The largest absolute Gasteiger partial charge is 0.353 e. The van der Waals surface area contributed by atoms with Crippen molar-refractivity contribution in [3.63, 3.8) is 0 Å². The van der Waals surface area contributed by atoms with Crippen molar-refractivity contribution >= 4 is 17.2 Å². The summed E-state index contributed by atoms with van der Waals surface area (Å²) in [6.07, 6.45) is 0. The molecular formula is C13H21N3OS. The summed E-state index contributed by atoms with van der Waals surface area (Å²) in [5.74, 6) is 0.0846. The normalized spacial score (nSPS) is 21.7. The highest BCUT2D eigenvalue weighted by atomic mass is 32.1. The average molecular weight is 267 g/mol. The van der Waals surface area contributed by atoms with Crippen molar-refractivity contribution in [2.75, 3.05) is 19.6 Å². The fourth-order valence-electron chi connectivity index (χ4n) is 2.56. The lowest BCUT2D eigenvalue weighted by Gasteiger charge is -2.45. The highest BCUT2D eigenvalue weighted by Crippen LogP contribution is 2.33. The van der Waals surface area contributed by atoms with Gasteiger partial charge in [-0.15, -0.1) is 11.3 Å². The first kappa shape index (κ1) is 13.5. The molecule has 0 bridgehead atoms. The SMILES string of the molecule is Cc1ccsc1C(CN)N1CCNC(=O)C1(C)C. The molecule has 0 aromatic carbocycles. The Hall–Kier alpha value is -0.910. The van der Waals surface area contributed by atoms with E-state index in [0.29, 0.717) is 13.1 Å². The lowest BCUT2D eigenvalue weighted by Crippen LogP contribution is -2.63. The maximum Gasteiger partial charge on any atom is 0.240 e. The van der Waals surface area contributed by atoms with E-state index in [4.69, 9.17) is 5.73 Å². The van der Waals surface area contributed by atoms with Crippen molar-refractivity contribution in [1.29, 1.82) is 0 Å². The van der Waals surface area contributed by atoms with Gasteiger partial charge in [0.25, 0.3) is 0 Å². The van der Waals surface area contributed by atoms with Crippen molar-refractivity contribution < 1.29 is 4.79 Å². The summed E-state index contributed by atoms with van der Waals surface area (Å²) < 4.78 is 0. The minimum absolute atomic E-state index is 0.0846. The van der Waals surface area contributed by atoms with Crippen LogP contribution in [0.5, 0.6) is 0 Å². The Kier molecular flexibility index (Phi) is 3.75. The Morgan fingerprint density at radius 1 is 1.61 bits per heavy atom. The van der Waals surface area contributed by atoms with E-state index in [1.54, 1.807) is 11.3 Å². The van der Waals surface area contributed by atoms with Crippen LogP contribution < -0.4 is 11.1 Å². The van der Waals surface area contributed by atoms with Crippen LogP contribution in [-0.2, 0) is 4.79 Å². The zero-order chi connectivity index (χ0) is 13.3. The van der Waals surface area contributed by atoms with Gasteiger partial charge in [0.1, 0.15) is 0 Å². The Morgan fingerprint density at radius 3 is 2.89 bits per heavy atom. The summed E-state index contributed by atoms with van der Waals surface area (Å²) in [5, 5.41) is 5.01. The van der Waals surface area contributed by atoms with Crippen molar-refractivity contribution in [2.45, 2.75) is 32.4 Å². The number of nitrogens with two attached hydrogens (primary N) is 1. The number of rotatable bonds is 3. The van der Waals surface area contributed by atoms with Crippen LogP contribution in [0.2, 0.25) is 0 Å². The topological polar surface area (TPSA) is 58.4 Å². The number of aryl methyl sites for hydroxylation is 1. The fraction of sp³-hybridized carbons (Fsp3) is 0.615. The molecule has 1 atom stereocenters. The van der Waals surface area contributed by atoms with Gasteiger partial charge in [-0.05, 0) is 37.8 Å². The van der Waals surface area contributed by atoms with Crippen molar-refractivity contribution in [3.8, 4) is 0 Å². The molecule has 4 nitrogen and oxygen atoms in total. The van der Waals surface area contributed by atoms with E-state index in [9.17, 15) is 4.79 Å². The smallest absolute Gasteiger partial charge is 0.240 e. The summed E-state index contributed by atoms with van der Waals surface area (Å²) in [7, 11) is 0. The van der Waals surface area contributed by atoms with E-state index < -0.39 is 5.54 Å². The summed E-state index contributed by atoms with van der Waals surface area (Å²) in [4.78, 5) is 15.5. The van der Waals surface area contributed by atoms with Gasteiger partial charge in [-0.2, -0.15) is 0 Å². The van der Waals surface area contributed by atoms with Crippen LogP contribution in [0.15, 0.2) is 11.4 Å². The number of piperazine rings is 1. The molecule has 2 heterocycles. The van der Waals surface area contributed by atoms with E-state index >= 15 is 0 Å². The number of hydrogen-bond acceptors (Lipinski definition) is 4. The van der Waals surface area contributed by atoms with E-state index in [2.05, 4.69) is 28.6 Å². The first-order chi connectivity index (χ1) is 8.48. The number of thiophene rings is 1. The molecule has 0 saturated carbocycles. The summed E-state index contributed by atoms with van der Waals surface area (Å²) in [6.45, 7) is 8.12. The van der Waals surface area contributed by atoms with Crippen LogP contribution in [0.4, 0.5) is 0 Å². The van der Waals surface area contributed by atoms with Gasteiger partial charge in [-0.3, -0.25) is 9.69 Å². The van der Waals surface area contributed by atoms with Crippen LogP contribution in [0, 0.1) is 6.92 Å². The molecule has 5 heteroatoms. The molecule has 1 aliphatic heterocycles. The second-order valence-electron chi connectivity index (χ2n) is 5.23. The minimum Gasteiger partial charge on any atom is -0.353 e. The molecule has 1 fully saturated rings. The number of nitrogens with one attached hydrogen (secondary N) is 1. The van der Waals surface area contributed by atoms with Gasteiger partial charge in [0.05, 0.1) is 11.6 Å². The Bertz CT molecular complexity index is 441. The van der Waals surface area contributed by atoms with Crippen LogP contribution >= 0.6 is 11.3 Å². The van der Waals surface area contributed by atoms with Crippen LogP contribution in [0.25, 0.3) is 0 Å². The quantitative estimate of drug-likeness (QED) is 0.867. The second-order valence-corrected chi connectivity index (χ2v) is 6.18. The number of nitrogens with zero attached hydrogens (tertiary/aromatic N) is 1. The molecule has 100 valence electrons. The lowest BCUT2D eigenvalue weighted by molar-refractivity contribution is -0.137. The first-order valence-electron chi connectivity index (χ1n) is 6.27. The van der Waals surface area contributed by atoms with E-state index in [1.165, 1.54) is 10.4 Å². The van der Waals surface area contributed by atoms with Crippen molar-refractivity contribution in [3.05, 3.63) is 21.9 Å². The summed E-state index contributed by atoms with van der Waals surface area (Å²) in [6, 6.07) is 2.24. The molecule has 3 N–H and O–H groups in total. The molecule has 0 radical (unpaired) electrons. The molecule has 2 rings (SSSR count). The summed E-state index contributed by atoms with van der Waals surface area (Å²) in [5.41, 5.74) is 6.72. The maximum atomic E-state index is 12.0. The molecule has 1 unspecified atom stereocenters. The third-order valence-corrected chi connectivity index (χ3v) is 4.84. The molecule has 1 amide bonds. The molecule has 0 aliphatic carbocycles. The molecule has 0 spiro atoms. The molecule has 1 aromatic rings. The van der Waals surface area contributed by atoms with Gasteiger partial charge in [0, 0.05) is 24.5 Å². The Labute approximate surface area is 112 Å². The van der Waals surface area contributed by atoms with Gasteiger partial charge in [0.15, 0.2) is 0 Å². The number of hydrogen-bond donors (Lipinski definition) is 2. The molecule has 1 saturated heterocycles. The maximum absolute atomic E-state index is 12.0. The van der Waals surface area contributed by atoms with Gasteiger partial charge in [-0.25, -0.2) is 0 Å². The summed E-state index contributed by atoms with van der Waals surface area (Å²) >= 11 is 1.72. The highest BCUT2D eigenvalue weighted by Gasteiger charge is 2.41. The van der Waals surface area contributed by atoms with Crippen molar-refractivity contribution in [1.82, 2.24) is 10.2 Å². The predicted molar refractivity (Wildman–Crippen MR) is 74.6 cm³/mol. The third kappa shape index (κ3) is 2.18. The minimum atomic E-state index is -0.501. The first-order valence-corrected chi connectivity index (χ1v) is 7.15. The number of carbonyl (C=O) groups excluding carboxylic acids is 1. The van der Waals surface area contributed by atoms with Gasteiger partial charge in [-0.1, -0.05) is 0 Å². The van der Waals surface area contributed by atoms with E-state index in [0.717, 1.165) is 6.54 Å². The Balaban J connectivity index is 2.33. The monoisotopic (exact) mass is 267 g/mol. The number of carbonyl (C=O) groups is 1. The predicted octanol–water partition coefficient (Wildman–Crippen LogP) is 1.27. The Morgan fingerprint density at radius 2 is 2.33 bits per heavy atom.